The van der Waals surface area contributed by atoms with Crippen molar-refractivity contribution in [3.8, 4) is 11.5 Å². The molecule has 0 bridgehead atoms. The number of amides is 2. The van der Waals surface area contributed by atoms with Gasteiger partial charge in [-0.15, -0.1) is 0 Å². The Morgan fingerprint density at radius 2 is 1.86 bits per heavy atom. The van der Waals surface area contributed by atoms with E-state index in [1.54, 1.807) is 24.3 Å². The molecule has 4 rings (SSSR count). The standard InChI is InChI=1S/C21H21N3O5/c1-24-7-6-14-9-15(3-4-16(14)24)17(25)11-23-21(27)20(26)22-10-13-2-5-18-19(8-13)29-12-28-18/h2-9,17,25H,10-12H2,1H3,(H,22,26)(H,23,27)/t17-/m1/s1. The Morgan fingerprint density at radius 3 is 2.72 bits per heavy atom. The van der Waals surface area contributed by atoms with Gasteiger partial charge in [-0.05, 0) is 46.8 Å². The molecule has 0 spiro atoms. The Kier molecular flexibility index (Phi) is 5.09. The molecule has 1 atom stereocenters. The van der Waals surface area contributed by atoms with Crippen LogP contribution in [0.15, 0.2) is 48.7 Å². The molecule has 2 amide bonds. The zero-order valence-electron chi connectivity index (χ0n) is 15.8. The number of hydrogen-bond acceptors (Lipinski definition) is 5. The average Bonchev–Trinajstić information content (AvgIpc) is 3.35. The molecular weight excluding hydrogens is 374 g/mol. The molecular formula is C21H21N3O5. The topological polar surface area (TPSA) is 102 Å². The van der Waals surface area contributed by atoms with Crippen LogP contribution in [0.2, 0.25) is 0 Å². The minimum atomic E-state index is -0.912. The third kappa shape index (κ3) is 4.02. The molecule has 2 aromatic carbocycles. The summed E-state index contributed by atoms with van der Waals surface area (Å²) in [7, 11) is 1.95. The molecule has 1 aromatic heterocycles. The number of carbonyl (C=O) groups is 2. The van der Waals surface area contributed by atoms with Crippen molar-refractivity contribution in [1.82, 2.24) is 15.2 Å². The van der Waals surface area contributed by atoms with E-state index in [4.69, 9.17) is 9.47 Å². The lowest BCUT2D eigenvalue weighted by molar-refractivity contribution is -0.139. The number of aromatic nitrogens is 1. The minimum absolute atomic E-state index is 0.0609. The van der Waals surface area contributed by atoms with Crippen molar-refractivity contribution >= 4 is 22.7 Å². The number of nitrogens with zero attached hydrogens (tertiary/aromatic N) is 1. The largest absolute Gasteiger partial charge is 0.454 e. The molecule has 0 saturated carbocycles. The third-order valence-electron chi connectivity index (χ3n) is 4.85. The molecule has 0 aliphatic carbocycles. The summed E-state index contributed by atoms with van der Waals surface area (Å²) < 4.78 is 12.5. The van der Waals surface area contributed by atoms with Gasteiger partial charge in [-0.25, -0.2) is 0 Å². The van der Waals surface area contributed by atoms with E-state index in [0.717, 1.165) is 16.5 Å². The lowest BCUT2D eigenvalue weighted by Gasteiger charge is -2.13. The number of aryl methyl sites for hydroxylation is 1. The molecule has 3 aromatic rings. The smallest absolute Gasteiger partial charge is 0.309 e. The van der Waals surface area contributed by atoms with Gasteiger partial charge in [0.05, 0.1) is 6.10 Å². The van der Waals surface area contributed by atoms with Gasteiger partial charge in [-0.3, -0.25) is 9.59 Å². The zero-order valence-corrected chi connectivity index (χ0v) is 15.8. The van der Waals surface area contributed by atoms with Crippen LogP contribution in [0.4, 0.5) is 0 Å². The van der Waals surface area contributed by atoms with Gasteiger partial charge in [0, 0.05) is 31.9 Å². The van der Waals surface area contributed by atoms with Gasteiger partial charge in [0.1, 0.15) is 0 Å². The van der Waals surface area contributed by atoms with Crippen molar-refractivity contribution in [3.05, 3.63) is 59.8 Å². The van der Waals surface area contributed by atoms with Crippen molar-refractivity contribution in [2.24, 2.45) is 7.05 Å². The first-order valence-electron chi connectivity index (χ1n) is 9.19. The van der Waals surface area contributed by atoms with Crippen molar-refractivity contribution in [2.75, 3.05) is 13.3 Å². The van der Waals surface area contributed by atoms with E-state index in [-0.39, 0.29) is 19.9 Å². The predicted octanol–water partition coefficient (Wildman–Crippen LogP) is 1.37. The van der Waals surface area contributed by atoms with Crippen LogP contribution in [-0.2, 0) is 23.2 Å². The minimum Gasteiger partial charge on any atom is -0.454 e. The molecule has 1 aliphatic heterocycles. The second-order valence-corrected chi connectivity index (χ2v) is 6.84. The summed E-state index contributed by atoms with van der Waals surface area (Å²) in [5, 5.41) is 16.3. The molecule has 0 fully saturated rings. The number of ether oxygens (including phenoxy) is 2. The van der Waals surface area contributed by atoms with Crippen LogP contribution >= 0.6 is 0 Å². The highest BCUT2D eigenvalue weighted by Crippen LogP contribution is 2.32. The molecule has 8 nitrogen and oxygen atoms in total. The number of rotatable bonds is 5. The van der Waals surface area contributed by atoms with Crippen molar-refractivity contribution in [1.29, 1.82) is 0 Å². The highest BCUT2D eigenvalue weighted by molar-refractivity contribution is 6.35. The Bertz CT molecular complexity index is 1080. The van der Waals surface area contributed by atoms with E-state index >= 15 is 0 Å². The maximum absolute atomic E-state index is 12.0. The van der Waals surface area contributed by atoms with E-state index in [0.29, 0.717) is 17.1 Å². The van der Waals surface area contributed by atoms with Gasteiger partial charge in [-0.1, -0.05) is 12.1 Å². The fourth-order valence-corrected chi connectivity index (χ4v) is 3.21. The third-order valence-corrected chi connectivity index (χ3v) is 4.85. The highest BCUT2D eigenvalue weighted by atomic mass is 16.7. The summed E-state index contributed by atoms with van der Waals surface area (Å²) in [6, 6.07) is 12.8. The summed E-state index contributed by atoms with van der Waals surface area (Å²) in [6.07, 6.45) is 1.03. The number of aliphatic hydroxyl groups excluding tert-OH is 1. The second-order valence-electron chi connectivity index (χ2n) is 6.84. The molecule has 29 heavy (non-hydrogen) atoms. The van der Waals surface area contributed by atoms with Crippen LogP contribution in [0.3, 0.4) is 0 Å². The number of aliphatic hydroxyl groups is 1. The van der Waals surface area contributed by atoms with E-state index < -0.39 is 17.9 Å². The normalized spacial score (nSPS) is 13.3. The quantitative estimate of drug-likeness (QED) is 0.567. The first kappa shape index (κ1) is 18.8. The van der Waals surface area contributed by atoms with Gasteiger partial charge in [0.2, 0.25) is 6.79 Å². The van der Waals surface area contributed by atoms with Gasteiger partial charge in [-0.2, -0.15) is 0 Å². The van der Waals surface area contributed by atoms with Crippen LogP contribution in [0, 0.1) is 0 Å². The highest BCUT2D eigenvalue weighted by Gasteiger charge is 2.17. The summed E-state index contributed by atoms with van der Waals surface area (Å²) in [5.41, 5.74) is 2.50. The number of benzene rings is 2. The van der Waals surface area contributed by atoms with E-state index in [1.807, 2.05) is 36.0 Å². The lowest BCUT2D eigenvalue weighted by atomic mass is 10.1. The summed E-state index contributed by atoms with van der Waals surface area (Å²) in [5.74, 6) is -0.306. The fourth-order valence-electron chi connectivity index (χ4n) is 3.21. The monoisotopic (exact) mass is 395 g/mol. The fraction of sp³-hybridized carbons (Fsp3) is 0.238. The van der Waals surface area contributed by atoms with Crippen molar-refractivity contribution in [3.63, 3.8) is 0 Å². The molecule has 1 aliphatic rings. The number of fused-ring (bicyclic) bond motifs is 2. The molecule has 0 saturated heterocycles. The predicted molar refractivity (Wildman–Crippen MR) is 105 cm³/mol. The Morgan fingerprint density at radius 1 is 1.07 bits per heavy atom. The van der Waals surface area contributed by atoms with E-state index in [9.17, 15) is 14.7 Å². The van der Waals surface area contributed by atoms with Gasteiger partial charge in [0.25, 0.3) is 0 Å². The molecule has 8 heteroatoms. The number of nitrogens with one attached hydrogen (secondary N) is 2. The Balaban J connectivity index is 1.28. The SMILES string of the molecule is Cn1ccc2cc([C@H](O)CNC(=O)C(=O)NCc3ccc4c(c3)OCO4)ccc21. The number of carbonyl (C=O) groups excluding carboxylic acids is 2. The van der Waals surface area contributed by atoms with Crippen molar-refractivity contribution < 1.29 is 24.2 Å². The summed E-state index contributed by atoms with van der Waals surface area (Å²) >= 11 is 0. The first-order valence-corrected chi connectivity index (χ1v) is 9.19. The first-order chi connectivity index (χ1) is 14.0. The number of hydrogen-bond donors (Lipinski definition) is 3. The van der Waals surface area contributed by atoms with Crippen LogP contribution in [-0.4, -0.2) is 34.8 Å². The van der Waals surface area contributed by atoms with Crippen LogP contribution < -0.4 is 20.1 Å². The molecule has 0 unspecified atom stereocenters. The van der Waals surface area contributed by atoms with E-state index in [1.165, 1.54) is 0 Å². The molecule has 150 valence electrons. The van der Waals surface area contributed by atoms with Gasteiger partial charge < -0.3 is 29.8 Å². The second kappa shape index (κ2) is 7.84. The van der Waals surface area contributed by atoms with Crippen LogP contribution in [0.5, 0.6) is 11.5 Å². The lowest BCUT2D eigenvalue weighted by Crippen LogP contribution is -2.41. The van der Waals surface area contributed by atoms with E-state index in [2.05, 4.69) is 10.6 Å². The van der Waals surface area contributed by atoms with Gasteiger partial charge >= 0.3 is 11.8 Å². The van der Waals surface area contributed by atoms with Crippen molar-refractivity contribution in [2.45, 2.75) is 12.6 Å². The molecule has 3 N–H and O–H groups in total. The molecule has 2 heterocycles. The summed E-state index contributed by atoms with van der Waals surface area (Å²) in [6.45, 7) is 0.290. The maximum Gasteiger partial charge on any atom is 0.309 e. The average molecular weight is 395 g/mol. The van der Waals surface area contributed by atoms with Crippen LogP contribution in [0.25, 0.3) is 10.9 Å². The Labute approximate surface area is 167 Å². The zero-order chi connectivity index (χ0) is 20.4. The van der Waals surface area contributed by atoms with Crippen LogP contribution in [0.1, 0.15) is 17.2 Å². The summed E-state index contributed by atoms with van der Waals surface area (Å²) in [4.78, 5) is 24.0. The van der Waals surface area contributed by atoms with Gasteiger partial charge in [0.15, 0.2) is 11.5 Å². The molecule has 0 radical (unpaired) electrons. The Hall–Kier alpha value is -3.52. The maximum atomic E-state index is 12.0.